The lowest BCUT2D eigenvalue weighted by molar-refractivity contribution is 0.232. The molecule has 2 unspecified atom stereocenters. The van der Waals surface area contributed by atoms with Gasteiger partial charge in [-0.15, -0.1) is 0 Å². The van der Waals surface area contributed by atoms with Crippen molar-refractivity contribution >= 4 is 6.03 Å². The Hall–Kier alpha value is -2.23. The Balaban J connectivity index is 1.95. The van der Waals surface area contributed by atoms with Crippen molar-refractivity contribution < 1.29 is 9.21 Å². The van der Waals surface area contributed by atoms with E-state index in [0.29, 0.717) is 0 Å². The Labute approximate surface area is 125 Å². The van der Waals surface area contributed by atoms with Gasteiger partial charge in [0.25, 0.3) is 0 Å². The molecule has 0 fully saturated rings. The van der Waals surface area contributed by atoms with E-state index < -0.39 is 0 Å². The van der Waals surface area contributed by atoms with Gasteiger partial charge in [-0.05, 0) is 38.0 Å². The molecule has 0 radical (unpaired) electrons. The molecule has 0 aliphatic rings. The monoisotopic (exact) mass is 286 g/mol. The molecular weight excluding hydrogens is 264 g/mol. The summed E-state index contributed by atoms with van der Waals surface area (Å²) < 4.78 is 5.28. The molecule has 4 nitrogen and oxygen atoms in total. The molecule has 21 heavy (non-hydrogen) atoms. The second-order valence-electron chi connectivity index (χ2n) is 5.23. The lowest BCUT2D eigenvalue weighted by atomic mass is 10.0. The average Bonchev–Trinajstić information content (AvgIpc) is 3.00. The van der Waals surface area contributed by atoms with E-state index in [1.165, 1.54) is 5.56 Å². The summed E-state index contributed by atoms with van der Waals surface area (Å²) in [5.41, 5.74) is 2.33. The van der Waals surface area contributed by atoms with Crippen molar-refractivity contribution in [3.8, 4) is 0 Å². The zero-order valence-corrected chi connectivity index (χ0v) is 12.7. The second-order valence-corrected chi connectivity index (χ2v) is 5.23. The number of carbonyl (C=O) groups is 1. The molecule has 1 aromatic carbocycles. The number of benzene rings is 1. The highest BCUT2D eigenvalue weighted by molar-refractivity contribution is 5.74. The fraction of sp³-hybridized carbons (Fsp3) is 0.353. The molecular formula is C17H22N2O2. The van der Waals surface area contributed by atoms with Gasteiger partial charge in [-0.2, -0.15) is 0 Å². The molecule has 0 aliphatic heterocycles. The van der Waals surface area contributed by atoms with Crippen LogP contribution in [-0.4, -0.2) is 6.03 Å². The standard InChI is InChI=1S/C17H22N2O2/c1-4-15(14-9-7-12(2)8-10-14)19-17(20)18-13(3)16-6-5-11-21-16/h5-11,13,15H,4H2,1-3H3,(H2,18,19,20). The van der Waals surface area contributed by atoms with Gasteiger partial charge in [-0.3, -0.25) is 0 Å². The van der Waals surface area contributed by atoms with Crippen molar-refractivity contribution in [2.45, 2.75) is 39.3 Å². The van der Waals surface area contributed by atoms with E-state index in [9.17, 15) is 4.79 Å². The maximum atomic E-state index is 12.1. The zero-order valence-electron chi connectivity index (χ0n) is 12.7. The van der Waals surface area contributed by atoms with Crippen molar-refractivity contribution in [1.82, 2.24) is 10.6 Å². The van der Waals surface area contributed by atoms with Gasteiger partial charge in [0, 0.05) is 0 Å². The molecule has 4 heteroatoms. The van der Waals surface area contributed by atoms with Gasteiger partial charge >= 0.3 is 6.03 Å². The fourth-order valence-corrected chi connectivity index (χ4v) is 2.23. The van der Waals surface area contributed by atoms with Crippen LogP contribution in [0.15, 0.2) is 47.1 Å². The number of rotatable bonds is 5. The van der Waals surface area contributed by atoms with Gasteiger partial charge in [-0.1, -0.05) is 36.8 Å². The van der Waals surface area contributed by atoms with Gasteiger partial charge < -0.3 is 15.1 Å². The maximum absolute atomic E-state index is 12.1. The summed E-state index contributed by atoms with van der Waals surface area (Å²) in [6.45, 7) is 6.00. The average molecular weight is 286 g/mol. The summed E-state index contributed by atoms with van der Waals surface area (Å²) in [5, 5.41) is 5.89. The first kappa shape index (κ1) is 15.2. The van der Waals surface area contributed by atoms with E-state index in [4.69, 9.17) is 4.42 Å². The Morgan fingerprint density at radius 2 is 1.90 bits per heavy atom. The van der Waals surface area contributed by atoms with Crippen LogP contribution in [0.25, 0.3) is 0 Å². The van der Waals surface area contributed by atoms with Crippen LogP contribution in [0.1, 0.15) is 49.2 Å². The smallest absolute Gasteiger partial charge is 0.315 e. The van der Waals surface area contributed by atoms with Crippen LogP contribution in [0.2, 0.25) is 0 Å². The Morgan fingerprint density at radius 1 is 1.19 bits per heavy atom. The van der Waals surface area contributed by atoms with Crippen LogP contribution in [-0.2, 0) is 0 Å². The molecule has 2 atom stereocenters. The number of hydrogen-bond acceptors (Lipinski definition) is 2. The zero-order chi connectivity index (χ0) is 15.2. The topological polar surface area (TPSA) is 54.3 Å². The normalized spacial score (nSPS) is 13.5. The molecule has 112 valence electrons. The Morgan fingerprint density at radius 3 is 2.48 bits per heavy atom. The van der Waals surface area contributed by atoms with Gasteiger partial charge in [0.05, 0.1) is 18.3 Å². The minimum Gasteiger partial charge on any atom is -0.467 e. The van der Waals surface area contributed by atoms with Gasteiger partial charge in [-0.25, -0.2) is 4.79 Å². The highest BCUT2D eigenvalue weighted by Gasteiger charge is 2.15. The van der Waals surface area contributed by atoms with E-state index in [0.717, 1.165) is 17.7 Å². The molecule has 1 aromatic heterocycles. The Kier molecular flexibility index (Phi) is 5.04. The van der Waals surface area contributed by atoms with E-state index >= 15 is 0 Å². The number of furan rings is 1. The molecule has 2 rings (SSSR count). The van der Waals surface area contributed by atoms with Crippen molar-refractivity contribution in [3.05, 3.63) is 59.5 Å². The number of amides is 2. The third-order valence-electron chi connectivity index (χ3n) is 3.51. The van der Waals surface area contributed by atoms with Crippen LogP contribution in [0, 0.1) is 6.92 Å². The first-order chi connectivity index (χ1) is 10.1. The van der Waals surface area contributed by atoms with Crippen LogP contribution in [0.5, 0.6) is 0 Å². The van der Waals surface area contributed by atoms with Crippen molar-refractivity contribution in [1.29, 1.82) is 0 Å². The summed E-state index contributed by atoms with van der Waals surface area (Å²) in [7, 11) is 0. The van der Waals surface area contributed by atoms with Gasteiger partial charge in [0.15, 0.2) is 0 Å². The second kappa shape index (κ2) is 6.97. The first-order valence-electron chi connectivity index (χ1n) is 7.27. The minimum atomic E-state index is -0.189. The number of aryl methyl sites for hydroxylation is 1. The summed E-state index contributed by atoms with van der Waals surface area (Å²) in [6.07, 6.45) is 2.44. The number of carbonyl (C=O) groups excluding carboxylic acids is 1. The van der Waals surface area contributed by atoms with E-state index in [2.05, 4.69) is 48.7 Å². The number of nitrogens with one attached hydrogen (secondary N) is 2. The first-order valence-corrected chi connectivity index (χ1v) is 7.27. The maximum Gasteiger partial charge on any atom is 0.315 e. The summed E-state index contributed by atoms with van der Waals surface area (Å²) in [5.74, 6) is 0.744. The summed E-state index contributed by atoms with van der Waals surface area (Å²) >= 11 is 0. The van der Waals surface area contributed by atoms with E-state index in [1.807, 2.05) is 19.1 Å². The van der Waals surface area contributed by atoms with E-state index in [-0.39, 0.29) is 18.1 Å². The van der Waals surface area contributed by atoms with Crippen LogP contribution in [0.4, 0.5) is 4.79 Å². The van der Waals surface area contributed by atoms with E-state index in [1.54, 1.807) is 6.26 Å². The fourth-order valence-electron chi connectivity index (χ4n) is 2.23. The van der Waals surface area contributed by atoms with Gasteiger partial charge in [0.2, 0.25) is 0 Å². The number of urea groups is 1. The molecule has 0 bridgehead atoms. The minimum absolute atomic E-state index is 0.00870. The number of hydrogen-bond donors (Lipinski definition) is 2. The van der Waals surface area contributed by atoms with Crippen LogP contribution in [0.3, 0.4) is 0 Å². The highest BCUT2D eigenvalue weighted by atomic mass is 16.3. The lowest BCUT2D eigenvalue weighted by Crippen LogP contribution is -2.39. The molecule has 0 aliphatic carbocycles. The SMILES string of the molecule is CCC(NC(=O)NC(C)c1ccco1)c1ccc(C)cc1. The molecule has 0 saturated heterocycles. The highest BCUT2D eigenvalue weighted by Crippen LogP contribution is 2.17. The summed E-state index contributed by atoms with van der Waals surface area (Å²) in [6, 6.07) is 11.6. The molecule has 2 N–H and O–H groups in total. The van der Waals surface area contributed by atoms with Crippen LogP contribution < -0.4 is 10.6 Å². The Bertz CT molecular complexity index is 561. The van der Waals surface area contributed by atoms with Crippen molar-refractivity contribution in [2.24, 2.45) is 0 Å². The third kappa shape index (κ3) is 4.12. The summed E-state index contributed by atoms with van der Waals surface area (Å²) in [4.78, 5) is 12.1. The van der Waals surface area contributed by atoms with Crippen LogP contribution >= 0.6 is 0 Å². The van der Waals surface area contributed by atoms with Gasteiger partial charge in [0.1, 0.15) is 5.76 Å². The van der Waals surface area contributed by atoms with Crippen molar-refractivity contribution in [3.63, 3.8) is 0 Å². The lowest BCUT2D eigenvalue weighted by Gasteiger charge is -2.20. The largest absolute Gasteiger partial charge is 0.467 e. The molecule has 0 saturated carbocycles. The molecule has 1 heterocycles. The predicted octanol–water partition coefficient (Wildman–Crippen LogP) is 4.10. The quantitative estimate of drug-likeness (QED) is 0.869. The molecule has 2 aromatic rings. The predicted molar refractivity (Wildman–Crippen MR) is 83.0 cm³/mol. The third-order valence-corrected chi connectivity index (χ3v) is 3.51. The van der Waals surface area contributed by atoms with Crippen molar-refractivity contribution in [2.75, 3.05) is 0 Å². The molecule has 0 spiro atoms. The molecule has 2 amide bonds.